The molecule has 92 valence electrons. The molecule has 0 unspecified atom stereocenters. The summed E-state index contributed by atoms with van der Waals surface area (Å²) in [6, 6.07) is 10.7. The van der Waals surface area contributed by atoms with Gasteiger partial charge in [0.1, 0.15) is 0 Å². The highest BCUT2D eigenvalue weighted by Crippen LogP contribution is 2.08. The summed E-state index contributed by atoms with van der Waals surface area (Å²) in [5.74, 6) is 0. The van der Waals surface area contributed by atoms with Crippen molar-refractivity contribution < 1.29 is 4.74 Å². The molecule has 0 bridgehead atoms. The fraction of sp³-hybridized carbons (Fsp3) is 0.500. The minimum atomic E-state index is 0.565. The van der Waals surface area contributed by atoms with Crippen molar-refractivity contribution in [2.75, 3.05) is 26.8 Å². The van der Waals surface area contributed by atoms with E-state index in [1.54, 1.807) is 7.11 Å². The molecule has 0 fully saturated rings. The number of ether oxygens (including phenoxy) is 1. The van der Waals surface area contributed by atoms with Gasteiger partial charge < -0.3 is 4.74 Å². The van der Waals surface area contributed by atoms with Crippen molar-refractivity contribution in [1.82, 2.24) is 4.90 Å². The molecule has 0 aliphatic rings. The van der Waals surface area contributed by atoms with Crippen LogP contribution in [0.25, 0.3) is 0 Å². The lowest BCUT2D eigenvalue weighted by Crippen LogP contribution is -2.28. The zero-order valence-corrected chi connectivity index (χ0v) is 10.6. The number of methoxy groups -OCH3 is 1. The quantitative estimate of drug-likeness (QED) is 0.724. The zero-order chi connectivity index (χ0) is 12.5. The third-order valence-corrected chi connectivity index (χ3v) is 2.64. The molecule has 0 heterocycles. The predicted octanol–water partition coefficient (Wildman–Crippen LogP) is 2.36. The summed E-state index contributed by atoms with van der Waals surface area (Å²) in [6.45, 7) is 5.35. The van der Waals surface area contributed by atoms with Crippen LogP contribution >= 0.6 is 0 Å². The second-order valence-electron chi connectivity index (χ2n) is 4.17. The Kier molecular flexibility index (Phi) is 6.31. The van der Waals surface area contributed by atoms with E-state index in [0.717, 1.165) is 19.6 Å². The molecule has 0 N–H and O–H groups in total. The molecule has 17 heavy (non-hydrogen) atoms. The monoisotopic (exact) mass is 232 g/mol. The number of hydrogen-bond donors (Lipinski definition) is 0. The zero-order valence-electron chi connectivity index (χ0n) is 10.6. The standard InChI is InChI=1S/C14H20N2O/c1-13-5-3-6-14(11-13)12-16(8-4-7-15)9-10-17-2/h3,5-6,11H,4,8-10,12H2,1-2H3. The van der Waals surface area contributed by atoms with Gasteiger partial charge in [0.15, 0.2) is 0 Å². The largest absolute Gasteiger partial charge is 0.383 e. The highest BCUT2D eigenvalue weighted by Gasteiger charge is 2.05. The van der Waals surface area contributed by atoms with Crippen LogP contribution in [0.5, 0.6) is 0 Å². The van der Waals surface area contributed by atoms with Crippen molar-refractivity contribution in [2.24, 2.45) is 0 Å². The molecule has 0 saturated carbocycles. The first-order chi connectivity index (χ1) is 8.26. The van der Waals surface area contributed by atoms with Crippen LogP contribution in [0.3, 0.4) is 0 Å². The highest BCUT2D eigenvalue weighted by molar-refractivity contribution is 5.22. The Balaban J connectivity index is 2.55. The summed E-state index contributed by atoms with van der Waals surface area (Å²) in [5, 5.41) is 8.64. The van der Waals surface area contributed by atoms with E-state index in [9.17, 15) is 0 Å². The maximum Gasteiger partial charge on any atom is 0.0635 e. The summed E-state index contributed by atoms with van der Waals surface area (Å²) in [7, 11) is 1.70. The Morgan fingerprint density at radius 1 is 1.35 bits per heavy atom. The normalized spacial score (nSPS) is 10.5. The Bertz CT molecular complexity index is 371. The first kappa shape index (κ1) is 13.7. The number of hydrogen-bond acceptors (Lipinski definition) is 3. The highest BCUT2D eigenvalue weighted by atomic mass is 16.5. The van der Waals surface area contributed by atoms with Gasteiger partial charge >= 0.3 is 0 Å². The van der Waals surface area contributed by atoms with E-state index < -0.39 is 0 Å². The summed E-state index contributed by atoms with van der Waals surface area (Å²) < 4.78 is 5.09. The molecule has 0 spiro atoms. The third kappa shape index (κ3) is 5.48. The molecule has 1 rings (SSSR count). The summed E-state index contributed by atoms with van der Waals surface area (Å²) in [6.07, 6.45) is 0.565. The molecule has 3 heteroatoms. The smallest absolute Gasteiger partial charge is 0.0635 e. The van der Waals surface area contributed by atoms with Crippen LogP contribution in [0.1, 0.15) is 17.5 Å². The Morgan fingerprint density at radius 2 is 2.18 bits per heavy atom. The van der Waals surface area contributed by atoms with Gasteiger partial charge in [0.05, 0.1) is 12.7 Å². The lowest BCUT2D eigenvalue weighted by atomic mass is 10.1. The Labute approximate surface area is 104 Å². The van der Waals surface area contributed by atoms with E-state index in [4.69, 9.17) is 10.00 Å². The maximum atomic E-state index is 8.64. The second kappa shape index (κ2) is 7.83. The van der Waals surface area contributed by atoms with E-state index in [0.29, 0.717) is 13.0 Å². The minimum absolute atomic E-state index is 0.565. The van der Waals surface area contributed by atoms with Gasteiger partial charge in [0, 0.05) is 33.2 Å². The van der Waals surface area contributed by atoms with Crippen molar-refractivity contribution in [3.8, 4) is 6.07 Å². The molecule has 0 radical (unpaired) electrons. The minimum Gasteiger partial charge on any atom is -0.383 e. The van der Waals surface area contributed by atoms with Crippen LogP contribution in [0, 0.1) is 18.3 Å². The average Bonchev–Trinajstić information content (AvgIpc) is 2.32. The molecule has 0 aliphatic heterocycles. The number of nitriles is 1. The van der Waals surface area contributed by atoms with Gasteiger partial charge in [-0.3, -0.25) is 4.90 Å². The van der Waals surface area contributed by atoms with E-state index in [1.807, 2.05) is 0 Å². The van der Waals surface area contributed by atoms with E-state index in [-0.39, 0.29) is 0 Å². The molecule has 0 saturated heterocycles. The van der Waals surface area contributed by atoms with Crippen LogP contribution in [-0.2, 0) is 11.3 Å². The predicted molar refractivity (Wildman–Crippen MR) is 68.6 cm³/mol. The first-order valence-corrected chi connectivity index (χ1v) is 5.90. The average molecular weight is 232 g/mol. The molecule has 0 atom stereocenters. The van der Waals surface area contributed by atoms with Gasteiger partial charge in [-0.05, 0) is 12.5 Å². The van der Waals surface area contributed by atoms with Gasteiger partial charge in [0.2, 0.25) is 0 Å². The molecule has 0 aliphatic carbocycles. The topological polar surface area (TPSA) is 36.3 Å². The van der Waals surface area contributed by atoms with Crippen LogP contribution in [0.2, 0.25) is 0 Å². The Hall–Kier alpha value is -1.37. The number of rotatable bonds is 7. The van der Waals surface area contributed by atoms with Crippen LogP contribution in [0.15, 0.2) is 24.3 Å². The van der Waals surface area contributed by atoms with Gasteiger partial charge in [-0.2, -0.15) is 5.26 Å². The fourth-order valence-corrected chi connectivity index (χ4v) is 1.77. The number of benzene rings is 1. The van der Waals surface area contributed by atoms with Crippen molar-refractivity contribution in [3.05, 3.63) is 35.4 Å². The molecular weight excluding hydrogens is 212 g/mol. The Morgan fingerprint density at radius 3 is 2.82 bits per heavy atom. The summed E-state index contributed by atoms with van der Waals surface area (Å²) >= 11 is 0. The molecule has 1 aromatic rings. The van der Waals surface area contributed by atoms with Crippen LogP contribution in [-0.4, -0.2) is 31.7 Å². The molecule has 0 aromatic heterocycles. The first-order valence-electron chi connectivity index (χ1n) is 5.90. The van der Waals surface area contributed by atoms with Crippen molar-refractivity contribution >= 4 is 0 Å². The lowest BCUT2D eigenvalue weighted by molar-refractivity contribution is 0.145. The molecular formula is C14H20N2O. The summed E-state index contributed by atoms with van der Waals surface area (Å²) in [5.41, 5.74) is 2.56. The van der Waals surface area contributed by atoms with Crippen LogP contribution < -0.4 is 0 Å². The van der Waals surface area contributed by atoms with E-state index in [2.05, 4.69) is 42.2 Å². The van der Waals surface area contributed by atoms with Crippen molar-refractivity contribution in [2.45, 2.75) is 19.9 Å². The van der Waals surface area contributed by atoms with Gasteiger partial charge in [0.25, 0.3) is 0 Å². The maximum absolute atomic E-state index is 8.64. The number of nitrogens with zero attached hydrogens (tertiary/aromatic N) is 2. The van der Waals surface area contributed by atoms with Crippen molar-refractivity contribution in [1.29, 1.82) is 5.26 Å². The van der Waals surface area contributed by atoms with Crippen LogP contribution in [0.4, 0.5) is 0 Å². The SMILES string of the molecule is COCCN(CCC#N)Cc1cccc(C)c1. The third-order valence-electron chi connectivity index (χ3n) is 2.64. The van der Waals surface area contributed by atoms with E-state index >= 15 is 0 Å². The molecule has 0 amide bonds. The molecule has 1 aromatic carbocycles. The van der Waals surface area contributed by atoms with E-state index in [1.165, 1.54) is 11.1 Å². The number of aryl methyl sites for hydroxylation is 1. The van der Waals surface area contributed by atoms with Gasteiger partial charge in [-0.15, -0.1) is 0 Å². The van der Waals surface area contributed by atoms with Gasteiger partial charge in [-0.25, -0.2) is 0 Å². The lowest BCUT2D eigenvalue weighted by Gasteiger charge is -2.20. The van der Waals surface area contributed by atoms with Crippen molar-refractivity contribution in [3.63, 3.8) is 0 Å². The summed E-state index contributed by atoms with van der Waals surface area (Å²) in [4.78, 5) is 2.25. The fourth-order valence-electron chi connectivity index (χ4n) is 1.77. The molecule has 3 nitrogen and oxygen atoms in total. The second-order valence-corrected chi connectivity index (χ2v) is 4.17. The van der Waals surface area contributed by atoms with Gasteiger partial charge in [-0.1, -0.05) is 29.8 Å².